The molecule has 0 aliphatic rings. The van der Waals surface area contributed by atoms with E-state index >= 15 is 0 Å². The normalized spacial score (nSPS) is 9.58. The molecule has 0 heterocycles. The highest BCUT2D eigenvalue weighted by molar-refractivity contribution is 6.44. The average Bonchev–Trinajstić information content (AvgIpc) is 2.10. The Hall–Kier alpha value is -0.730. The fraction of sp³-hybridized carbons (Fsp3) is 0.125. The number of methoxy groups -OCH3 is 1. The van der Waals surface area contributed by atoms with Gasteiger partial charge in [0.05, 0.1) is 12.1 Å². The van der Waals surface area contributed by atoms with Crippen LogP contribution in [0, 0.1) is 0 Å². The first-order chi connectivity index (χ1) is 5.70. The molecule has 0 radical (unpaired) electrons. The largest absolute Gasteiger partial charge is 0.495 e. The molecule has 0 bridgehead atoms. The first-order valence-electron chi connectivity index (χ1n) is 3.18. The van der Waals surface area contributed by atoms with Crippen LogP contribution in [-0.2, 0) is 0 Å². The van der Waals surface area contributed by atoms with E-state index in [0.29, 0.717) is 17.6 Å². The highest BCUT2D eigenvalue weighted by Gasteiger charge is 2.08. The van der Waals surface area contributed by atoms with Crippen LogP contribution in [0.4, 0.5) is 0 Å². The molecular formula is C8H6Cl2O2. The van der Waals surface area contributed by atoms with E-state index in [4.69, 9.17) is 27.9 Å². The second kappa shape index (κ2) is 3.78. The summed E-state index contributed by atoms with van der Waals surface area (Å²) in [5.41, 5.74) is 0.363. The molecule has 1 rings (SSSR count). The quantitative estimate of drug-likeness (QED) is 0.694. The van der Waals surface area contributed by atoms with Crippen molar-refractivity contribution in [1.82, 2.24) is 0 Å². The van der Waals surface area contributed by atoms with Crippen LogP contribution >= 0.6 is 23.2 Å². The van der Waals surface area contributed by atoms with E-state index in [2.05, 4.69) is 0 Å². The highest BCUT2D eigenvalue weighted by Crippen LogP contribution is 2.33. The number of carbonyl (C=O) groups is 1. The Bertz CT molecular complexity index is 310. The number of carbonyl (C=O) groups excluding carboxylic acids is 1. The number of hydrogen-bond acceptors (Lipinski definition) is 2. The van der Waals surface area contributed by atoms with Gasteiger partial charge in [-0.15, -0.1) is 0 Å². The van der Waals surface area contributed by atoms with Crippen molar-refractivity contribution in [3.8, 4) is 5.75 Å². The van der Waals surface area contributed by atoms with E-state index < -0.39 is 0 Å². The average molecular weight is 205 g/mol. The van der Waals surface area contributed by atoms with E-state index in [1.54, 1.807) is 12.1 Å². The molecule has 2 nitrogen and oxygen atoms in total. The summed E-state index contributed by atoms with van der Waals surface area (Å²) in [5.74, 6) is 0.465. The summed E-state index contributed by atoms with van der Waals surface area (Å²) in [6.07, 6.45) is 0.646. The van der Waals surface area contributed by atoms with Crippen LogP contribution in [0.5, 0.6) is 5.75 Å². The first-order valence-corrected chi connectivity index (χ1v) is 3.93. The van der Waals surface area contributed by atoms with Crippen molar-refractivity contribution in [3.63, 3.8) is 0 Å². The third-order valence-electron chi connectivity index (χ3n) is 1.42. The molecule has 1 aromatic rings. The molecule has 0 N–H and O–H groups in total. The van der Waals surface area contributed by atoms with Gasteiger partial charge in [-0.25, -0.2) is 0 Å². The zero-order chi connectivity index (χ0) is 9.14. The van der Waals surface area contributed by atoms with Gasteiger partial charge in [-0.2, -0.15) is 0 Å². The summed E-state index contributed by atoms with van der Waals surface area (Å²) in [6, 6.07) is 3.15. The molecule has 0 aliphatic heterocycles. The Morgan fingerprint density at radius 3 is 2.50 bits per heavy atom. The van der Waals surface area contributed by atoms with Crippen molar-refractivity contribution in [2.75, 3.05) is 7.11 Å². The van der Waals surface area contributed by atoms with Crippen LogP contribution in [0.3, 0.4) is 0 Å². The monoisotopic (exact) mass is 204 g/mol. The molecule has 0 atom stereocenters. The zero-order valence-electron chi connectivity index (χ0n) is 6.30. The predicted octanol–water partition coefficient (Wildman–Crippen LogP) is 2.81. The topological polar surface area (TPSA) is 26.3 Å². The van der Waals surface area contributed by atoms with Crippen LogP contribution in [0.25, 0.3) is 0 Å². The van der Waals surface area contributed by atoms with Gasteiger partial charge in [0.15, 0.2) is 6.29 Å². The van der Waals surface area contributed by atoms with E-state index in [1.807, 2.05) is 0 Å². The lowest BCUT2D eigenvalue weighted by molar-refractivity contribution is 0.112. The van der Waals surface area contributed by atoms with Gasteiger partial charge in [-0.3, -0.25) is 4.79 Å². The van der Waals surface area contributed by atoms with Gasteiger partial charge in [0.1, 0.15) is 10.8 Å². The second-order valence-electron chi connectivity index (χ2n) is 2.10. The van der Waals surface area contributed by atoms with Gasteiger partial charge in [0.2, 0.25) is 0 Å². The van der Waals surface area contributed by atoms with Crippen molar-refractivity contribution in [2.24, 2.45) is 0 Å². The van der Waals surface area contributed by atoms with Crippen molar-refractivity contribution in [3.05, 3.63) is 27.7 Å². The number of ether oxygens (including phenoxy) is 1. The summed E-state index contributed by atoms with van der Waals surface area (Å²) < 4.78 is 4.89. The van der Waals surface area contributed by atoms with E-state index in [9.17, 15) is 4.79 Å². The lowest BCUT2D eigenvalue weighted by Gasteiger charge is -2.04. The molecule has 64 valence electrons. The van der Waals surface area contributed by atoms with Gasteiger partial charge in [0, 0.05) is 5.56 Å². The Morgan fingerprint density at radius 1 is 1.33 bits per heavy atom. The fourth-order valence-corrected chi connectivity index (χ4v) is 1.25. The van der Waals surface area contributed by atoms with Crippen molar-refractivity contribution < 1.29 is 9.53 Å². The molecule has 0 unspecified atom stereocenters. The van der Waals surface area contributed by atoms with Gasteiger partial charge in [-0.05, 0) is 12.1 Å². The lowest BCUT2D eigenvalue weighted by Crippen LogP contribution is -1.88. The lowest BCUT2D eigenvalue weighted by atomic mass is 10.2. The Kier molecular flexibility index (Phi) is 2.95. The number of benzene rings is 1. The minimum atomic E-state index is 0.228. The number of rotatable bonds is 2. The van der Waals surface area contributed by atoms with Crippen LogP contribution < -0.4 is 4.74 Å². The van der Waals surface area contributed by atoms with E-state index in [-0.39, 0.29) is 10.0 Å². The maximum absolute atomic E-state index is 10.4. The number of aldehydes is 1. The minimum absolute atomic E-state index is 0.228. The Balaban J connectivity index is 3.29. The van der Waals surface area contributed by atoms with E-state index in [1.165, 1.54) is 7.11 Å². The molecule has 4 heteroatoms. The highest BCUT2D eigenvalue weighted by atomic mass is 35.5. The molecular weight excluding hydrogens is 199 g/mol. The fourth-order valence-electron chi connectivity index (χ4n) is 0.795. The molecule has 1 aromatic carbocycles. The van der Waals surface area contributed by atoms with Crippen molar-refractivity contribution in [2.45, 2.75) is 0 Å². The Morgan fingerprint density at radius 2 is 2.00 bits per heavy atom. The molecule has 0 aromatic heterocycles. The van der Waals surface area contributed by atoms with Gasteiger partial charge < -0.3 is 4.74 Å². The molecule has 12 heavy (non-hydrogen) atoms. The van der Waals surface area contributed by atoms with Crippen LogP contribution in [0.1, 0.15) is 10.4 Å². The second-order valence-corrected chi connectivity index (χ2v) is 2.86. The van der Waals surface area contributed by atoms with Crippen molar-refractivity contribution in [1.29, 1.82) is 0 Å². The summed E-state index contributed by atoms with van der Waals surface area (Å²) in [7, 11) is 1.48. The SMILES string of the molecule is COc1ccc(C=O)c(Cl)c1Cl. The third kappa shape index (κ3) is 1.54. The summed E-state index contributed by atoms with van der Waals surface area (Å²) >= 11 is 11.5. The van der Waals surface area contributed by atoms with Gasteiger partial charge >= 0.3 is 0 Å². The van der Waals surface area contributed by atoms with Gasteiger partial charge in [-0.1, -0.05) is 23.2 Å². The Labute approximate surface area is 80.0 Å². The molecule has 0 saturated heterocycles. The third-order valence-corrected chi connectivity index (χ3v) is 2.30. The number of halogens is 2. The smallest absolute Gasteiger partial charge is 0.151 e. The molecule has 0 saturated carbocycles. The molecule has 0 amide bonds. The van der Waals surface area contributed by atoms with Crippen LogP contribution in [0.2, 0.25) is 10.0 Å². The van der Waals surface area contributed by atoms with Crippen LogP contribution in [-0.4, -0.2) is 13.4 Å². The zero-order valence-corrected chi connectivity index (χ0v) is 7.82. The summed E-state index contributed by atoms with van der Waals surface area (Å²) in [4.78, 5) is 10.4. The number of hydrogen-bond donors (Lipinski definition) is 0. The maximum Gasteiger partial charge on any atom is 0.151 e. The predicted molar refractivity (Wildman–Crippen MR) is 48.4 cm³/mol. The van der Waals surface area contributed by atoms with Crippen LogP contribution in [0.15, 0.2) is 12.1 Å². The standard InChI is InChI=1S/C8H6Cl2O2/c1-12-6-3-2-5(4-11)7(9)8(6)10/h2-4H,1H3. The molecule has 0 spiro atoms. The maximum atomic E-state index is 10.4. The first kappa shape index (κ1) is 9.36. The van der Waals surface area contributed by atoms with E-state index in [0.717, 1.165) is 0 Å². The minimum Gasteiger partial charge on any atom is -0.495 e. The molecule has 0 aliphatic carbocycles. The molecule has 0 fully saturated rings. The van der Waals surface area contributed by atoms with Gasteiger partial charge in [0.25, 0.3) is 0 Å². The van der Waals surface area contributed by atoms with Crippen molar-refractivity contribution >= 4 is 29.5 Å². The summed E-state index contributed by atoms with van der Waals surface area (Å²) in [5, 5.41) is 0.495. The summed E-state index contributed by atoms with van der Waals surface area (Å²) in [6.45, 7) is 0.